The van der Waals surface area contributed by atoms with Gasteiger partial charge in [-0.25, -0.2) is 0 Å². The Labute approximate surface area is 108 Å². The third-order valence-corrected chi connectivity index (χ3v) is 2.88. The van der Waals surface area contributed by atoms with E-state index < -0.39 is 0 Å². The molecule has 5 nitrogen and oxygen atoms in total. The van der Waals surface area contributed by atoms with Crippen molar-refractivity contribution >= 4 is 15.9 Å². The summed E-state index contributed by atoms with van der Waals surface area (Å²) in [7, 11) is 0. The second kappa shape index (κ2) is 5.88. The number of pyridine rings is 1. The molecule has 0 spiro atoms. The Balaban J connectivity index is 2.13. The Hall–Kier alpha value is -1.27. The molecule has 0 amide bonds. The van der Waals surface area contributed by atoms with E-state index in [0.29, 0.717) is 0 Å². The van der Waals surface area contributed by atoms with Crippen molar-refractivity contribution in [1.82, 2.24) is 25.7 Å². The summed E-state index contributed by atoms with van der Waals surface area (Å²) in [5.74, 6) is 0. The summed E-state index contributed by atoms with van der Waals surface area (Å²) in [6, 6.07) is 2.23. The average Bonchev–Trinajstić information content (AvgIpc) is 2.82. The molecule has 17 heavy (non-hydrogen) atoms. The van der Waals surface area contributed by atoms with Gasteiger partial charge in [0.15, 0.2) is 0 Å². The Bertz CT molecular complexity index is 457. The molecule has 0 aliphatic heterocycles. The van der Waals surface area contributed by atoms with E-state index in [4.69, 9.17) is 0 Å². The first-order chi connectivity index (χ1) is 8.29. The van der Waals surface area contributed by atoms with Gasteiger partial charge in [-0.1, -0.05) is 6.92 Å². The van der Waals surface area contributed by atoms with Gasteiger partial charge in [0.05, 0.1) is 17.9 Å². The summed E-state index contributed by atoms with van der Waals surface area (Å²) in [5.41, 5.74) is 2.08. The van der Waals surface area contributed by atoms with Gasteiger partial charge >= 0.3 is 0 Å². The van der Waals surface area contributed by atoms with Gasteiger partial charge in [0.2, 0.25) is 0 Å². The van der Waals surface area contributed by atoms with Crippen LogP contribution in [0.2, 0.25) is 0 Å². The van der Waals surface area contributed by atoms with E-state index in [1.807, 2.05) is 6.20 Å². The molecule has 0 saturated carbocycles. The topological polar surface area (TPSA) is 66.5 Å². The van der Waals surface area contributed by atoms with Crippen molar-refractivity contribution in [3.8, 4) is 0 Å². The number of aromatic nitrogens is 4. The number of hydrogen-bond acceptors (Lipinski definition) is 4. The number of hydrogen-bond donors (Lipinski definition) is 2. The van der Waals surface area contributed by atoms with E-state index in [1.54, 1.807) is 12.4 Å². The molecule has 0 aliphatic carbocycles. The van der Waals surface area contributed by atoms with E-state index in [2.05, 4.69) is 54.6 Å². The highest BCUT2D eigenvalue weighted by Crippen LogP contribution is 2.17. The van der Waals surface area contributed by atoms with Gasteiger partial charge in [0.25, 0.3) is 0 Å². The molecule has 6 heteroatoms. The van der Waals surface area contributed by atoms with Gasteiger partial charge in [-0.2, -0.15) is 15.4 Å². The van der Waals surface area contributed by atoms with Gasteiger partial charge in [0, 0.05) is 16.9 Å². The first kappa shape index (κ1) is 12.2. The number of aromatic amines is 1. The van der Waals surface area contributed by atoms with Crippen LogP contribution in [0.1, 0.15) is 24.2 Å². The third-order valence-electron chi connectivity index (χ3n) is 2.44. The van der Waals surface area contributed by atoms with Crippen molar-refractivity contribution < 1.29 is 0 Å². The number of halogens is 1. The summed E-state index contributed by atoms with van der Waals surface area (Å²) in [4.78, 5) is 4.16. The summed E-state index contributed by atoms with van der Waals surface area (Å²) in [5, 5.41) is 14.0. The molecular weight excluding hydrogens is 282 g/mol. The van der Waals surface area contributed by atoms with Gasteiger partial charge < -0.3 is 5.32 Å². The summed E-state index contributed by atoms with van der Waals surface area (Å²) in [6.07, 6.45) is 6.24. The molecule has 2 aromatic rings. The number of H-pyrrole nitrogens is 1. The zero-order chi connectivity index (χ0) is 12.1. The molecule has 0 radical (unpaired) electrons. The molecule has 90 valence electrons. The summed E-state index contributed by atoms with van der Waals surface area (Å²) < 4.78 is 0.991. The lowest BCUT2D eigenvalue weighted by atomic mass is 10.1. The maximum atomic E-state index is 4.16. The lowest BCUT2D eigenvalue weighted by Gasteiger charge is -2.14. The SMILES string of the molecule is CCNC(Cc1cncc(Br)c1)c1cn[nH]n1. The molecule has 1 atom stereocenters. The first-order valence-electron chi connectivity index (χ1n) is 5.48. The molecule has 0 aromatic carbocycles. The fourth-order valence-corrected chi connectivity index (χ4v) is 2.12. The van der Waals surface area contributed by atoms with Crippen LogP contribution in [-0.4, -0.2) is 26.9 Å². The van der Waals surface area contributed by atoms with Gasteiger partial charge in [-0.05, 0) is 40.5 Å². The van der Waals surface area contributed by atoms with E-state index in [0.717, 1.165) is 28.7 Å². The minimum Gasteiger partial charge on any atom is -0.309 e. The van der Waals surface area contributed by atoms with Crippen LogP contribution in [0.5, 0.6) is 0 Å². The molecule has 2 heterocycles. The Morgan fingerprint density at radius 2 is 2.29 bits per heavy atom. The third kappa shape index (κ3) is 3.34. The fourth-order valence-electron chi connectivity index (χ4n) is 1.71. The van der Waals surface area contributed by atoms with Crippen LogP contribution in [0.4, 0.5) is 0 Å². The molecule has 2 rings (SSSR count). The van der Waals surface area contributed by atoms with Crippen LogP contribution in [0.25, 0.3) is 0 Å². The van der Waals surface area contributed by atoms with E-state index in [9.17, 15) is 0 Å². The second-order valence-electron chi connectivity index (χ2n) is 3.72. The number of likely N-dealkylation sites (N-methyl/N-ethyl adjacent to an activating group) is 1. The monoisotopic (exact) mass is 295 g/mol. The highest BCUT2D eigenvalue weighted by atomic mass is 79.9. The maximum absolute atomic E-state index is 4.16. The lowest BCUT2D eigenvalue weighted by molar-refractivity contribution is 0.535. The molecule has 0 aliphatic rings. The van der Waals surface area contributed by atoms with E-state index in [-0.39, 0.29) is 6.04 Å². The van der Waals surface area contributed by atoms with Crippen molar-refractivity contribution in [3.05, 3.63) is 40.4 Å². The normalized spacial score (nSPS) is 12.6. The van der Waals surface area contributed by atoms with E-state index in [1.165, 1.54) is 0 Å². The predicted molar refractivity (Wildman–Crippen MR) is 68.4 cm³/mol. The lowest BCUT2D eigenvalue weighted by Crippen LogP contribution is -2.23. The minimum atomic E-state index is 0.162. The smallest absolute Gasteiger partial charge is 0.0997 e. The van der Waals surface area contributed by atoms with Crippen molar-refractivity contribution in [1.29, 1.82) is 0 Å². The number of nitrogens with one attached hydrogen (secondary N) is 2. The molecule has 2 aromatic heterocycles. The predicted octanol–water partition coefficient (Wildman–Crippen LogP) is 1.86. The number of rotatable bonds is 5. The Morgan fingerprint density at radius 3 is 2.94 bits per heavy atom. The average molecular weight is 296 g/mol. The molecular formula is C11H14BrN5. The van der Waals surface area contributed by atoms with Crippen LogP contribution in [-0.2, 0) is 6.42 Å². The standard InChI is InChI=1S/C11H14BrN5/c1-2-14-10(11-7-15-17-16-11)4-8-3-9(12)6-13-5-8/h3,5-7,10,14H,2,4H2,1H3,(H,15,16,17). The van der Waals surface area contributed by atoms with Crippen molar-refractivity contribution in [2.75, 3.05) is 6.54 Å². The van der Waals surface area contributed by atoms with Gasteiger partial charge in [-0.15, -0.1) is 0 Å². The zero-order valence-electron chi connectivity index (χ0n) is 9.52. The minimum absolute atomic E-state index is 0.162. The first-order valence-corrected chi connectivity index (χ1v) is 6.27. The van der Waals surface area contributed by atoms with Crippen LogP contribution in [0.3, 0.4) is 0 Å². The second-order valence-corrected chi connectivity index (χ2v) is 4.64. The molecule has 1 unspecified atom stereocenters. The highest BCUT2D eigenvalue weighted by molar-refractivity contribution is 9.10. The molecule has 2 N–H and O–H groups in total. The van der Waals surface area contributed by atoms with Crippen molar-refractivity contribution in [3.63, 3.8) is 0 Å². The largest absolute Gasteiger partial charge is 0.309 e. The molecule has 0 bridgehead atoms. The van der Waals surface area contributed by atoms with Crippen LogP contribution < -0.4 is 5.32 Å². The highest BCUT2D eigenvalue weighted by Gasteiger charge is 2.14. The molecule has 0 fully saturated rings. The van der Waals surface area contributed by atoms with Gasteiger partial charge in [-0.3, -0.25) is 4.98 Å². The molecule has 0 saturated heterocycles. The fraction of sp³-hybridized carbons (Fsp3) is 0.364. The maximum Gasteiger partial charge on any atom is 0.0997 e. The van der Waals surface area contributed by atoms with Crippen molar-refractivity contribution in [2.45, 2.75) is 19.4 Å². The summed E-state index contributed by atoms with van der Waals surface area (Å²) >= 11 is 3.42. The van der Waals surface area contributed by atoms with Crippen LogP contribution in [0, 0.1) is 0 Å². The quantitative estimate of drug-likeness (QED) is 0.884. The zero-order valence-corrected chi connectivity index (χ0v) is 11.1. The Morgan fingerprint density at radius 1 is 1.41 bits per heavy atom. The van der Waals surface area contributed by atoms with E-state index >= 15 is 0 Å². The Kier molecular flexibility index (Phi) is 4.22. The summed E-state index contributed by atoms with van der Waals surface area (Å²) in [6.45, 7) is 2.96. The number of nitrogens with zero attached hydrogens (tertiary/aromatic N) is 3. The van der Waals surface area contributed by atoms with Crippen LogP contribution in [0.15, 0.2) is 29.1 Å². The van der Waals surface area contributed by atoms with Gasteiger partial charge in [0.1, 0.15) is 0 Å². The van der Waals surface area contributed by atoms with Crippen LogP contribution >= 0.6 is 15.9 Å². The van der Waals surface area contributed by atoms with Crippen molar-refractivity contribution in [2.24, 2.45) is 0 Å².